The van der Waals surface area contributed by atoms with Gasteiger partial charge in [-0.25, -0.2) is 13.4 Å². The second kappa shape index (κ2) is 6.10. The minimum Gasteiger partial charge on any atom is -0.494 e. The Morgan fingerprint density at radius 3 is 2.56 bits per heavy atom. The molecule has 0 bridgehead atoms. The van der Waals surface area contributed by atoms with Crippen LogP contribution in [0.5, 0.6) is 17.4 Å². The Hall–Kier alpha value is -3.07. The molecule has 0 unspecified atom stereocenters. The van der Waals surface area contributed by atoms with Crippen LogP contribution in [0.1, 0.15) is 10.5 Å². The summed E-state index contributed by atoms with van der Waals surface area (Å²) >= 11 is 0. The van der Waals surface area contributed by atoms with Crippen molar-refractivity contribution >= 4 is 26.6 Å². The van der Waals surface area contributed by atoms with Gasteiger partial charge in [-0.2, -0.15) is 0 Å². The van der Waals surface area contributed by atoms with E-state index in [0.29, 0.717) is 22.4 Å². The van der Waals surface area contributed by atoms with Crippen molar-refractivity contribution < 1.29 is 22.7 Å². The zero-order valence-corrected chi connectivity index (χ0v) is 14.3. The van der Waals surface area contributed by atoms with Gasteiger partial charge >= 0.3 is 0 Å². The molecule has 0 aliphatic heterocycles. The van der Waals surface area contributed by atoms with Crippen molar-refractivity contribution in [3.05, 3.63) is 42.2 Å². The second-order valence-corrected chi connectivity index (χ2v) is 7.36. The summed E-state index contributed by atoms with van der Waals surface area (Å²) in [6.45, 7) is 0. The Bertz CT molecular complexity index is 1060. The summed E-state index contributed by atoms with van der Waals surface area (Å²) in [5.74, 6) is 0.518. The minimum atomic E-state index is -3.32. The molecule has 0 aliphatic rings. The molecule has 8 nitrogen and oxygen atoms in total. The molecule has 3 rings (SSSR count). The van der Waals surface area contributed by atoms with Gasteiger partial charge in [0.2, 0.25) is 5.88 Å². The molecule has 0 spiro atoms. The normalized spacial score (nSPS) is 11.4. The number of carbonyl (C=O) groups excluding carboxylic acids is 1. The number of rotatable bonds is 5. The van der Waals surface area contributed by atoms with Crippen molar-refractivity contribution in [1.82, 2.24) is 9.97 Å². The summed E-state index contributed by atoms with van der Waals surface area (Å²) in [6, 6.07) is 7.77. The number of H-pyrrole nitrogens is 1. The summed E-state index contributed by atoms with van der Waals surface area (Å²) in [4.78, 5) is 18.3. The van der Waals surface area contributed by atoms with Crippen LogP contribution in [0, 0.1) is 0 Å². The number of methoxy groups -OCH3 is 1. The molecule has 25 heavy (non-hydrogen) atoms. The van der Waals surface area contributed by atoms with Crippen LogP contribution in [0.3, 0.4) is 0 Å². The fourth-order valence-electron chi connectivity index (χ4n) is 2.30. The number of fused-ring (bicyclic) bond motifs is 1. The average molecular weight is 361 g/mol. The van der Waals surface area contributed by atoms with Crippen molar-refractivity contribution in [3.8, 4) is 17.4 Å². The lowest BCUT2D eigenvalue weighted by molar-refractivity contribution is 0.0996. The van der Waals surface area contributed by atoms with Gasteiger partial charge in [0.25, 0.3) is 5.91 Å². The van der Waals surface area contributed by atoms with Crippen LogP contribution in [0.25, 0.3) is 10.9 Å². The maximum Gasteiger partial charge on any atom is 0.265 e. The summed E-state index contributed by atoms with van der Waals surface area (Å²) in [5.41, 5.74) is 6.14. The molecule has 2 heterocycles. The lowest BCUT2D eigenvalue weighted by Crippen LogP contribution is -2.10. The summed E-state index contributed by atoms with van der Waals surface area (Å²) in [7, 11) is -1.83. The topological polar surface area (TPSA) is 124 Å². The first-order valence-electron chi connectivity index (χ1n) is 7.12. The van der Waals surface area contributed by atoms with Gasteiger partial charge in [-0.3, -0.25) is 4.79 Å². The van der Waals surface area contributed by atoms with Crippen LogP contribution in [0.4, 0.5) is 0 Å². The summed E-state index contributed by atoms with van der Waals surface area (Å²) < 4.78 is 33.9. The number of sulfone groups is 1. The lowest BCUT2D eigenvalue weighted by Gasteiger charge is -2.08. The number of nitrogens with one attached hydrogen (secondary N) is 1. The molecule has 0 saturated heterocycles. The van der Waals surface area contributed by atoms with Gasteiger partial charge in [0.05, 0.1) is 17.5 Å². The quantitative estimate of drug-likeness (QED) is 0.715. The molecule has 0 atom stereocenters. The van der Waals surface area contributed by atoms with E-state index in [1.165, 1.54) is 25.4 Å². The first kappa shape index (κ1) is 16.8. The summed E-state index contributed by atoms with van der Waals surface area (Å²) in [6.07, 6.45) is 2.33. The van der Waals surface area contributed by atoms with E-state index in [2.05, 4.69) is 9.97 Å². The molecule has 9 heteroatoms. The molecule has 0 saturated carbocycles. The van der Waals surface area contributed by atoms with Crippen LogP contribution in [-0.4, -0.2) is 37.7 Å². The van der Waals surface area contributed by atoms with E-state index in [1.54, 1.807) is 18.2 Å². The predicted octanol–water partition coefficient (Wildman–Crippen LogP) is 1.87. The highest BCUT2D eigenvalue weighted by Crippen LogP contribution is 2.33. The number of primary amides is 1. The zero-order valence-electron chi connectivity index (χ0n) is 13.4. The maximum atomic E-state index is 11.5. The van der Waals surface area contributed by atoms with Crippen molar-refractivity contribution in [2.75, 3.05) is 13.4 Å². The number of carbonyl (C=O) groups is 1. The van der Waals surface area contributed by atoms with Crippen LogP contribution >= 0.6 is 0 Å². The van der Waals surface area contributed by atoms with Crippen LogP contribution in [0.15, 0.2) is 41.4 Å². The number of hydrogen-bond donors (Lipinski definition) is 2. The Morgan fingerprint density at radius 1 is 1.24 bits per heavy atom. The van der Waals surface area contributed by atoms with Crippen molar-refractivity contribution in [3.63, 3.8) is 0 Å². The van der Waals surface area contributed by atoms with Gasteiger partial charge in [-0.1, -0.05) is 0 Å². The maximum absolute atomic E-state index is 11.5. The average Bonchev–Trinajstić information content (AvgIpc) is 2.98. The van der Waals surface area contributed by atoms with Gasteiger partial charge in [-0.05, 0) is 18.2 Å². The summed E-state index contributed by atoms with van der Waals surface area (Å²) in [5, 5.41) is 0.677. The molecular formula is C16H15N3O5S. The van der Waals surface area contributed by atoms with E-state index in [1.807, 2.05) is 0 Å². The van der Waals surface area contributed by atoms with E-state index >= 15 is 0 Å². The largest absolute Gasteiger partial charge is 0.494 e. The van der Waals surface area contributed by atoms with Crippen LogP contribution < -0.4 is 15.2 Å². The minimum absolute atomic E-state index is 0.101. The molecule has 3 aromatic rings. The Morgan fingerprint density at radius 2 is 2.00 bits per heavy atom. The number of nitrogens with two attached hydrogens (primary N) is 1. The Kier molecular flexibility index (Phi) is 4.09. The van der Waals surface area contributed by atoms with E-state index in [-0.39, 0.29) is 16.5 Å². The molecular weight excluding hydrogens is 346 g/mol. The number of pyridine rings is 1. The van der Waals surface area contributed by atoms with Gasteiger partial charge < -0.3 is 20.2 Å². The number of nitrogens with zero attached hydrogens (tertiary/aromatic N) is 1. The second-order valence-electron chi connectivity index (χ2n) is 5.34. The fraction of sp³-hybridized carbons (Fsp3) is 0.125. The molecule has 3 N–H and O–H groups in total. The number of ether oxygens (including phenoxy) is 2. The fourth-order valence-corrected chi connectivity index (χ4v) is 2.86. The van der Waals surface area contributed by atoms with Crippen LogP contribution in [0.2, 0.25) is 0 Å². The Labute approximate surface area is 143 Å². The molecule has 2 aromatic heterocycles. The van der Waals surface area contributed by atoms with Crippen LogP contribution in [-0.2, 0) is 9.84 Å². The highest BCUT2D eigenvalue weighted by atomic mass is 32.2. The Balaban J connectivity index is 1.97. The molecule has 0 fully saturated rings. The van der Waals surface area contributed by atoms with E-state index < -0.39 is 15.7 Å². The van der Waals surface area contributed by atoms with Crippen molar-refractivity contribution in [2.24, 2.45) is 5.73 Å². The van der Waals surface area contributed by atoms with Gasteiger partial charge in [0.1, 0.15) is 17.2 Å². The first-order chi connectivity index (χ1) is 11.8. The van der Waals surface area contributed by atoms with Gasteiger partial charge in [-0.15, -0.1) is 0 Å². The number of hydrogen-bond acceptors (Lipinski definition) is 6. The highest BCUT2D eigenvalue weighted by Gasteiger charge is 2.13. The smallest absolute Gasteiger partial charge is 0.265 e. The molecule has 0 radical (unpaired) electrons. The van der Waals surface area contributed by atoms with E-state index in [4.69, 9.17) is 15.2 Å². The van der Waals surface area contributed by atoms with Gasteiger partial charge in [0.15, 0.2) is 9.84 Å². The van der Waals surface area contributed by atoms with Crippen molar-refractivity contribution in [1.29, 1.82) is 0 Å². The van der Waals surface area contributed by atoms with Gasteiger partial charge in [0, 0.05) is 30.0 Å². The molecule has 1 amide bonds. The van der Waals surface area contributed by atoms with E-state index in [9.17, 15) is 13.2 Å². The molecule has 130 valence electrons. The SMILES string of the molecule is COc1cc(Oc2ccc(S(C)(=O)=O)cn2)cc2cc(C(N)=O)[nH]c12. The third kappa shape index (κ3) is 3.41. The van der Waals surface area contributed by atoms with Crippen molar-refractivity contribution in [2.45, 2.75) is 4.90 Å². The highest BCUT2D eigenvalue weighted by molar-refractivity contribution is 7.90. The third-order valence-electron chi connectivity index (χ3n) is 3.51. The number of aromatic nitrogens is 2. The number of aromatic amines is 1. The molecule has 0 aliphatic carbocycles. The lowest BCUT2D eigenvalue weighted by atomic mass is 10.2. The monoisotopic (exact) mass is 361 g/mol. The number of amides is 1. The third-order valence-corrected chi connectivity index (χ3v) is 4.61. The first-order valence-corrected chi connectivity index (χ1v) is 9.01. The standard InChI is InChI=1S/C16H15N3O5S/c1-23-13-7-10(5-9-6-12(16(17)20)19-15(9)13)24-14-4-3-11(8-18-14)25(2,21)22/h3-8,19H,1-2H3,(H2,17,20). The zero-order chi connectivity index (χ0) is 18.2. The predicted molar refractivity (Wildman–Crippen MR) is 90.8 cm³/mol. The van der Waals surface area contributed by atoms with E-state index in [0.717, 1.165) is 6.26 Å². The number of benzene rings is 1. The molecule has 1 aromatic carbocycles.